The summed E-state index contributed by atoms with van der Waals surface area (Å²) in [6.45, 7) is 1.72. The van der Waals surface area contributed by atoms with E-state index in [2.05, 4.69) is 15.5 Å². The zero-order valence-corrected chi connectivity index (χ0v) is 20.5. The van der Waals surface area contributed by atoms with E-state index in [1.54, 1.807) is 13.0 Å². The maximum atomic E-state index is 14.6. The molecule has 3 aromatic heterocycles. The molecule has 0 bridgehead atoms. The third-order valence-corrected chi connectivity index (χ3v) is 5.71. The van der Waals surface area contributed by atoms with Crippen LogP contribution in [0.1, 0.15) is 28.0 Å². The van der Waals surface area contributed by atoms with Crippen LogP contribution < -0.4 is 21.3 Å². The van der Waals surface area contributed by atoms with Gasteiger partial charge in [-0.15, -0.1) is 0 Å². The van der Waals surface area contributed by atoms with Crippen molar-refractivity contribution in [1.29, 1.82) is 0 Å². The van der Waals surface area contributed by atoms with Crippen molar-refractivity contribution in [3.63, 3.8) is 0 Å². The van der Waals surface area contributed by atoms with Crippen LogP contribution in [-0.4, -0.2) is 33.6 Å². The van der Waals surface area contributed by atoms with Crippen molar-refractivity contribution in [3.05, 3.63) is 93.2 Å². The first kappa shape index (κ1) is 25.6. The summed E-state index contributed by atoms with van der Waals surface area (Å²) in [5, 5.41) is 6.78. The first-order chi connectivity index (χ1) is 17.7. The molecule has 4 rings (SSSR count). The summed E-state index contributed by atoms with van der Waals surface area (Å²) < 4.78 is 26.4. The number of methoxy groups -OCH3 is 1. The van der Waals surface area contributed by atoms with E-state index < -0.39 is 29.2 Å². The summed E-state index contributed by atoms with van der Waals surface area (Å²) >= 11 is 6.03. The standard InChI is InChI=1S/C25H21ClFN5O5/c1-13-7-16(37-31-13)9-21(25(35)30-15-4-6-20(24(28)34)29-11-15)32-12-22(36-2)18(10-23(32)33)17-8-14(26)3-5-19(17)27/h3-8,10-12,21H,9H2,1-2H3,(H2,28,34)(H,30,35). The van der Waals surface area contributed by atoms with Crippen LogP contribution in [0.4, 0.5) is 10.1 Å². The number of pyridine rings is 2. The van der Waals surface area contributed by atoms with Gasteiger partial charge in [-0.3, -0.25) is 19.0 Å². The van der Waals surface area contributed by atoms with Crippen LogP contribution in [0, 0.1) is 12.7 Å². The van der Waals surface area contributed by atoms with E-state index in [9.17, 15) is 18.8 Å². The molecular formula is C25H21ClFN5O5. The lowest BCUT2D eigenvalue weighted by atomic mass is 10.0. The fourth-order valence-corrected chi connectivity index (χ4v) is 3.88. The Balaban J connectivity index is 1.76. The number of aryl methyl sites for hydroxylation is 1. The maximum absolute atomic E-state index is 14.6. The first-order valence-corrected chi connectivity index (χ1v) is 11.3. The normalized spacial score (nSPS) is 11.7. The van der Waals surface area contributed by atoms with Gasteiger partial charge in [0.25, 0.3) is 11.5 Å². The van der Waals surface area contributed by atoms with Gasteiger partial charge in [-0.05, 0) is 37.3 Å². The number of benzene rings is 1. The van der Waals surface area contributed by atoms with E-state index in [-0.39, 0.29) is 39.7 Å². The molecule has 3 heterocycles. The van der Waals surface area contributed by atoms with Crippen molar-refractivity contribution >= 4 is 29.1 Å². The molecule has 37 heavy (non-hydrogen) atoms. The minimum atomic E-state index is -1.12. The van der Waals surface area contributed by atoms with E-state index in [1.165, 1.54) is 55.9 Å². The molecule has 4 aromatic rings. The lowest BCUT2D eigenvalue weighted by Gasteiger charge is -2.20. The van der Waals surface area contributed by atoms with Gasteiger partial charge in [0.1, 0.15) is 29.1 Å². The molecule has 1 aromatic carbocycles. The lowest BCUT2D eigenvalue weighted by molar-refractivity contribution is -0.119. The molecule has 1 unspecified atom stereocenters. The molecule has 3 N–H and O–H groups in total. The van der Waals surface area contributed by atoms with E-state index >= 15 is 0 Å². The largest absolute Gasteiger partial charge is 0.495 e. The number of hydrogen-bond donors (Lipinski definition) is 2. The Morgan fingerprint density at radius 1 is 1.22 bits per heavy atom. The van der Waals surface area contributed by atoms with E-state index in [4.69, 9.17) is 26.6 Å². The highest BCUT2D eigenvalue weighted by molar-refractivity contribution is 6.30. The second-order valence-electron chi connectivity index (χ2n) is 8.07. The molecule has 10 nitrogen and oxygen atoms in total. The highest BCUT2D eigenvalue weighted by Crippen LogP contribution is 2.33. The summed E-state index contributed by atoms with van der Waals surface area (Å²) in [5.41, 5.74) is 5.73. The number of anilines is 1. The second-order valence-corrected chi connectivity index (χ2v) is 8.50. The van der Waals surface area contributed by atoms with Gasteiger partial charge < -0.3 is 20.3 Å². The van der Waals surface area contributed by atoms with Gasteiger partial charge in [0.2, 0.25) is 5.91 Å². The van der Waals surface area contributed by atoms with E-state index in [1.807, 2.05) is 0 Å². The summed E-state index contributed by atoms with van der Waals surface area (Å²) in [7, 11) is 1.36. The molecule has 0 fully saturated rings. The number of hydrogen-bond acceptors (Lipinski definition) is 7. The monoisotopic (exact) mass is 525 g/mol. The number of ether oxygens (including phenoxy) is 1. The fraction of sp³-hybridized carbons (Fsp3) is 0.160. The topological polar surface area (TPSA) is 142 Å². The predicted octanol–water partition coefficient (Wildman–Crippen LogP) is 3.53. The maximum Gasteiger partial charge on any atom is 0.267 e. The number of carbonyl (C=O) groups is 2. The average molecular weight is 526 g/mol. The molecule has 12 heteroatoms. The summed E-state index contributed by atoms with van der Waals surface area (Å²) in [4.78, 5) is 41.8. The highest BCUT2D eigenvalue weighted by atomic mass is 35.5. The van der Waals surface area contributed by atoms with Crippen molar-refractivity contribution in [3.8, 4) is 16.9 Å². The zero-order valence-electron chi connectivity index (χ0n) is 19.7. The van der Waals surface area contributed by atoms with Crippen LogP contribution in [0.2, 0.25) is 5.02 Å². The number of nitrogens with zero attached hydrogens (tertiary/aromatic N) is 3. The number of halogens is 2. The fourth-order valence-electron chi connectivity index (χ4n) is 3.71. The Kier molecular flexibility index (Phi) is 7.35. The van der Waals surface area contributed by atoms with Crippen LogP contribution >= 0.6 is 11.6 Å². The molecule has 0 radical (unpaired) electrons. The lowest BCUT2D eigenvalue weighted by Crippen LogP contribution is -2.34. The minimum absolute atomic E-state index is 0.0245. The minimum Gasteiger partial charge on any atom is -0.495 e. The third-order valence-electron chi connectivity index (χ3n) is 5.48. The summed E-state index contributed by atoms with van der Waals surface area (Å²) in [6, 6.07) is 8.45. The SMILES string of the molecule is COc1cn(C(Cc2cc(C)no2)C(=O)Nc2ccc(C(N)=O)nc2)c(=O)cc1-c1cc(Cl)ccc1F. The Labute approximate surface area is 214 Å². The molecule has 0 saturated heterocycles. The van der Waals surface area contributed by atoms with Crippen molar-refractivity contribution < 1.29 is 23.2 Å². The van der Waals surface area contributed by atoms with Crippen molar-refractivity contribution in [1.82, 2.24) is 14.7 Å². The molecule has 0 aliphatic carbocycles. The molecule has 0 aliphatic rings. The van der Waals surface area contributed by atoms with Crippen molar-refractivity contribution in [2.24, 2.45) is 5.73 Å². The number of nitrogens with one attached hydrogen (secondary N) is 1. The number of aromatic nitrogens is 3. The van der Waals surface area contributed by atoms with Crippen LogP contribution in [0.25, 0.3) is 11.1 Å². The molecular weight excluding hydrogens is 505 g/mol. The van der Waals surface area contributed by atoms with Crippen LogP contribution in [0.15, 0.2) is 64.2 Å². The van der Waals surface area contributed by atoms with Gasteiger partial charge in [0.15, 0.2) is 0 Å². The van der Waals surface area contributed by atoms with Crippen LogP contribution in [0.3, 0.4) is 0 Å². The number of nitrogens with two attached hydrogens (primary N) is 1. The Bertz CT molecular complexity index is 1530. The van der Waals surface area contributed by atoms with E-state index in [0.717, 1.165) is 4.57 Å². The Hall–Kier alpha value is -4.51. The average Bonchev–Trinajstić information content (AvgIpc) is 3.29. The van der Waals surface area contributed by atoms with Gasteiger partial charge in [0, 0.05) is 34.7 Å². The Morgan fingerprint density at radius 2 is 2.00 bits per heavy atom. The van der Waals surface area contributed by atoms with Crippen LogP contribution in [0.5, 0.6) is 5.75 Å². The number of amides is 2. The van der Waals surface area contributed by atoms with Crippen molar-refractivity contribution in [2.45, 2.75) is 19.4 Å². The van der Waals surface area contributed by atoms with Gasteiger partial charge >= 0.3 is 0 Å². The van der Waals surface area contributed by atoms with Gasteiger partial charge in [0.05, 0.1) is 30.9 Å². The first-order valence-electron chi connectivity index (χ1n) is 10.9. The molecule has 0 saturated carbocycles. The van der Waals surface area contributed by atoms with Gasteiger partial charge in [-0.2, -0.15) is 0 Å². The molecule has 0 aliphatic heterocycles. The Morgan fingerprint density at radius 3 is 2.62 bits per heavy atom. The van der Waals surface area contributed by atoms with Crippen molar-refractivity contribution in [2.75, 3.05) is 12.4 Å². The number of carbonyl (C=O) groups excluding carboxylic acids is 2. The number of rotatable bonds is 8. The van der Waals surface area contributed by atoms with Gasteiger partial charge in [-0.1, -0.05) is 16.8 Å². The quantitative estimate of drug-likeness (QED) is 0.358. The smallest absolute Gasteiger partial charge is 0.267 e. The highest BCUT2D eigenvalue weighted by Gasteiger charge is 2.26. The summed E-state index contributed by atoms with van der Waals surface area (Å²) in [5.74, 6) is -1.41. The van der Waals surface area contributed by atoms with Crippen LogP contribution in [-0.2, 0) is 11.2 Å². The molecule has 190 valence electrons. The second kappa shape index (κ2) is 10.6. The molecule has 2 amide bonds. The molecule has 1 atom stereocenters. The predicted molar refractivity (Wildman–Crippen MR) is 133 cm³/mol. The van der Waals surface area contributed by atoms with Gasteiger partial charge in [-0.25, -0.2) is 9.37 Å². The zero-order chi connectivity index (χ0) is 26.7. The third kappa shape index (κ3) is 5.67. The van der Waals surface area contributed by atoms with E-state index in [0.29, 0.717) is 11.5 Å². The number of primary amides is 1. The summed E-state index contributed by atoms with van der Waals surface area (Å²) in [6.07, 6.45) is 2.55. The molecule has 0 spiro atoms.